The average Bonchev–Trinajstić information content (AvgIpc) is 2.56. The first-order chi connectivity index (χ1) is 11.4. The van der Waals surface area contributed by atoms with Crippen LogP contribution in [-0.4, -0.2) is 27.1 Å². The van der Waals surface area contributed by atoms with Gasteiger partial charge in [0.05, 0.1) is 9.85 Å². The number of carboxylic acids is 1. The molecule has 2 aromatic carbocycles. The van der Waals surface area contributed by atoms with Crippen molar-refractivity contribution in [2.75, 3.05) is 0 Å². The van der Waals surface area contributed by atoms with Gasteiger partial charge in [0.1, 0.15) is 5.56 Å². The van der Waals surface area contributed by atoms with Gasteiger partial charge in [-0.25, -0.2) is 9.79 Å². The first-order valence-electron chi connectivity index (χ1n) is 6.61. The average molecular weight is 329 g/mol. The predicted molar refractivity (Wildman–Crippen MR) is 83.4 cm³/mol. The van der Waals surface area contributed by atoms with Gasteiger partial charge in [0.2, 0.25) is 0 Å². The van der Waals surface area contributed by atoms with E-state index in [9.17, 15) is 30.1 Å². The molecule has 9 nitrogen and oxygen atoms in total. The molecular formula is C15H11N3O6. The van der Waals surface area contributed by atoms with Crippen LogP contribution in [-0.2, 0) is 10.5 Å². The number of aliphatic imine (C=N–C) groups is 1. The molecule has 0 aromatic heterocycles. The normalized spacial score (nSPS) is 13.3. The van der Waals surface area contributed by atoms with Crippen molar-refractivity contribution in [3.63, 3.8) is 0 Å². The Balaban J connectivity index is 2.70. The second-order valence-electron chi connectivity index (χ2n) is 4.68. The summed E-state index contributed by atoms with van der Waals surface area (Å²) in [5.41, 5.74) is -3.91. The molecule has 9 heteroatoms. The molecule has 1 atom stereocenters. The lowest BCUT2D eigenvalue weighted by Gasteiger charge is -2.16. The molecule has 2 rings (SSSR count). The molecule has 0 fully saturated rings. The summed E-state index contributed by atoms with van der Waals surface area (Å²) >= 11 is 0. The van der Waals surface area contributed by atoms with Gasteiger partial charge in [-0.05, 0) is 11.6 Å². The van der Waals surface area contributed by atoms with E-state index in [-0.39, 0.29) is 0 Å². The molecule has 0 aliphatic rings. The third-order valence-electron chi connectivity index (χ3n) is 3.24. The van der Waals surface area contributed by atoms with Crippen LogP contribution in [0.2, 0.25) is 0 Å². The Bertz CT molecular complexity index is 805. The van der Waals surface area contributed by atoms with Crippen LogP contribution in [0.25, 0.3) is 0 Å². The lowest BCUT2D eigenvalue weighted by Crippen LogP contribution is -2.42. The van der Waals surface area contributed by atoms with Crippen LogP contribution in [0.4, 0.5) is 5.69 Å². The number of nitro groups is 2. The minimum absolute atomic E-state index is 0.420. The van der Waals surface area contributed by atoms with E-state index in [4.69, 9.17) is 0 Å². The lowest BCUT2D eigenvalue weighted by atomic mass is 9.98. The van der Waals surface area contributed by atoms with Gasteiger partial charge in [-0.1, -0.05) is 42.5 Å². The SMILES string of the molecule is O=C(O)C(N=Cc1ccccc1)(c1ccccc1[N+](=O)[O-])[N+](=O)[O-]. The van der Waals surface area contributed by atoms with Crippen LogP contribution in [0, 0.1) is 20.2 Å². The Hall–Kier alpha value is -3.62. The van der Waals surface area contributed by atoms with Gasteiger partial charge in [-0.15, -0.1) is 0 Å². The Morgan fingerprint density at radius 2 is 1.62 bits per heavy atom. The highest BCUT2D eigenvalue weighted by atomic mass is 16.6. The Labute approximate surface area is 135 Å². The number of carboxylic acid groups (broad SMARTS) is 1. The van der Waals surface area contributed by atoms with Gasteiger partial charge in [0, 0.05) is 12.3 Å². The van der Waals surface area contributed by atoms with E-state index in [0.717, 1.165) is 18.3 Å². The fourth-order valence-electron chi connectivity index (χ4n) is 2.10. The first kappa shape index (κ1) is 16.7. The highest BCUT2D eigenvalue weighted by molar-refractivity contribution is 5.86. The number of nitrogens with zero attached hydrogens (tertiary/aromatic N) is 3. The first-order valence-corrected chi connectivity index (χ1v) is 6.61. The smallest absolute Gasteiger partial charge is 0.441 e. The molecular weight excluding hydrogens is 318 g/mol. The molecule has 2 aromatic rings. The highest BCUT2D eigenvalue weighted by Crippen LogP contribution is 2.34. The van der Waals surface area contributed by atoms with E-state index in [1.807, 2.05) is 0 Å². The van der Waals surface area contributed by atoms with Crippen LogP contribution in [0.15, 0.2) is 59.6 Å². The second-order valence-corrected chi connectivity index (χ2v) is 4.68. The molecule has 122 valence electrons. The third-order valence-corrected chi connectivity index (χ3v) is 3.24. The summed E-state index contributed by atoms with van der Waals surface area (Å²) in [5, 5.41) is 32.1. The molecule has 0 bridgehead atoms. The van der Waals surface area contributed by atoms with Gasteiger partial charge in [-0.2, -0.15) is 0 Å². The van der Waals surface area contributed by atoms with E-state index in [0.29, 0.717) is 5.56 Å². The predicted octanol–water partition coefficient (Wildman–Crippen LogP) is 2.23. The van der Waals surface area contributed by atoms with Crippen molar-refractivity contribution < 1.29 is 19.7 Å². The van der Waals surface area contributed by atoms with E-state index >= 15 is 0 Å². The molecule has 0 amide bonds. The van der Waals surface area contributed by atoms with Crippen molar-refractivity contribution in [3.05, 3.63) is 86.0 Å². The molecule has 0 aliphatic carbocycles. The number of para-hydroxylation sites is 1. The zero-order chi connectivity index (χ0) is 17.7. The maximum atomic E-state index is 11.7. The fraction of sp³-hybridized carbons (Fsp3) is 0.0667. The monoisotopic (exact) mass is 329 g/mol. The van der Waals surface area contributed by atoms with Gasteiger partial charge < -0.3 is 5.11 Å². The molecule has 0 saturated carbocycles. The topological polar surface area (TPSA) is 136 Å². The second kappa shape index (κ2) is 6.65. The summed E-state index contributed by atoms with van der Waals surface area (Å²) in [7, 11) is 0. The molecule has 0 spiro atoms. The number of benzene rings is 2. The summed E-state index contributed by atoms with van der Waals surface area (Å²) in [4.78, 5) is 35.9. The lowest BCUT2D eigenvalue weighted by molar-refractivity contribution is -0.563. The van der Waals surface area contributed by atoms with Crippen LogP contribution in [0.1, 0.15) is 11.1 Å². The summed E-state index contributed by atoms with van der Waals surface area (Å²) < 4.78 is 0. The van der Waals surface area contributed by atoms with Crippen molar-refractivity contribution in [1.29, 1.82) is 0 Å². The van der Waals surface area contributed by atoms with Crippen molar-refractivity contribution >= 4 is 17.9 Å². The van der Waals surface area contributed by atoms with E-state index in [2.05, 4.69) is 4.99 Å². The quantitative estimate of drug-likeness (QED) is 0.490. The van der Waals surface area contributed by atoms with Crippen LogP contribution in [0.3, 0.4) is 0 Å². The number of carbonyl (C=O) groups is 1. The maximum absolute atomic E-state index is 11.7. The molecule has 0 heterocycles. The molecule has 0 aliphatic heterocycles. The summed E-state index contributed by atoms with van der Waals surface area (Å²) in [5.74, 6) is -1.92. The zero-order valence-corrected chi connectivity index (χ0v) is 12.1. The van der Waals surface area contributed by atoms with Crippen LogP contribution < -0.4 is 0 Å². The molecule has 1 unspecified atom stereocenters. The number of hydrogen-bond acceptors (Lipinski definition) is 6. The van der Waals surface area contributed by atoms with Gasteiger partial charge >= 0.3 is 11.6 Å². The number of nitro benzene ring substituents is 1. The largest absolute Gasteiger partial charge is 0.474 e. The number of hydrogen-bond donors (Lipinski definition) is 1. The number of rotatable bonds is 6. The van der Waals surface area contributed by atoms with Crippen LogP contribution in [0.5, 0.6) is 0 Å². The molecule has 24 heavy (non-hydrogen) atoms. The van der Waals surface area contributed by atoms with Crippen LogP contribution >= 0.6 is 0 Å². The van der Waals surface area contributed by atoms with Crippen molar-refractivity contribution in [2.24, 2.45) is 4.99 Å². The molecule has 0 radical (unpaired) electrons. The summed E-state index contributed by atoms with van der Waals surface area (Å²) in [6.45, 7) is 0. The highest BCUT2D eigenvalue weighted by Gasteiger charge is 2.57. The summed E-state index contributed by atoms with van der Waals surface area (Å²) in [6, 6.07) is 12.7. The fourth-order valence-corrected chi connectivity index (χ4v) is 2.10. The van der Waals surface area contributed by atoms with Gasteiger partial charge in [-0.3, -0.25) is 20.2 Å². The van der Waals surface area contributed by atoms with Crippen molar-refractivity contribution in [2.45, 2.75) is 5.66 Å². The van der Waals surface area contributed by atoms with E-state index in [1.54, 1.807) is 30.3 Å². The van der Waals surface area contributed by atoms with Crippen molar-refractivity contribution in [3.8, 4) is 0 Å². The minimum Gasteiger partial charge on any atom is -0.474 e. The van der Waals surface area contributed by atoms with E-state index in [1.165, 1.54) is 12.1 Å². The molecule has 1 N–H and O–H groups in total. The van der Waals surface area contributed by atoms with Crippen molar-refractivity contribution in [1.82, 2.24) is 0 Å². The maximum Gasteiger partial charge on any atom is 0.441 e. The van der Waals surface area contributed by atoms with E-state index < -0.39 is 32.7 Å². The Morgan fingerprint density at radius 1 is 1.04 bits per heavy atom. The summed E-state index contributed by atoms with van der Waals surface area (Å²) in [6.07, 6.45) is 1.01. The molecule has 0 saturated heterocycles. The third kappa shape index (κ3) is 2.95. The Morgan fingerprint density at radius 3 is 2.17 bits per heavy atom. The van der Waals surface area contributed by atoms with Gasteiger partial charge in [0.15, 0.2) is 0 Å². The standard InChI is InChI=1S/C15H11N3O6/c19-14(20)15(18(23)24,16-10-11-6-2-1-3-7-11)12-8-4-5-9-13(12)17(21)22/h1-10H,(H,19,20). The number of aliphatic carboxylic acids is 1. The zero-order valence-electron chi connectivity index (χ0n) is 12.1. The Kier molecular flexibility index (Phi) is 4.64. The minimum atomic E-state index is -3.01. The van der Waals surface area contributed by atoms with Gasteiger partial charge in [0.25, 0.3) is 5.69 Å².